The quantitative estimate of drug-likeness (QED) is 0.487. The minimum absolute atomic E-state index is 0.145. The minimum atomic E-state index is -0.481. The molecule has 3 heterocycles. The molecule has 0 fully saturated rings. The molecule has 0 saturated heterocycles. The zero-order valence-electron chi connectivity index (χ0n) is 13.5. The summed E-state index contributed by atoms with van der Waals surface area (Å²) in [5.74, 6) is -0.145. The highest BCUT2D eigenvalue weighted by molar-refractivity contribution is 5.21. The van der Waals surface area contributed by atoms with Gasteiger partial charge in [-0.1, -0.05) is 12.1 Å². The average Bonchev–Trinajstić information content (AvgIpc) is 2.63. The lowest BCUT2D eigenvalue weighted by molar-refractivity contribution is -0.389. The molecule has 3 aromatic heterocycles. The molecule has 7 heteroatoms. The van der Waals surface area contributed by atoms with Gasteiger partial charge in [-0.15, -0.1) is 0 Å². The number of pyridine rings is 3. The lowest BCUT2D eigenvalue weighted by Gasteiger charge is -2.20. The van der Waals surface area contributed by atoms with Crippen molar-refractivity contribution in [2.45, 2.75) is 19.6 Å². The second kappa shape index (κ2) is 8.07. The van der Waals surface area contributed by atoms with Gasteiger partial charge in [0.1, 0.15) is 0 Å². The van der Waals surface area contributed by atoms with Gasteiger partial charge in [-0.05, 0) is 46.3 Å². The molecule has 126 valence electrons. The highest BCUT2D eigenvalue weighted by Gasteiger charge is 2.15. The van der Waals surface area contributed by atoms with E-state index in [-0.39, 0.29) is 5.82 Å². The first-order valence-corrected chi connectivity index (χ1v) is 7.83. The largest absolute Gasteiger partial charge is 0.363 e. The van der Waals surface area contributed by atoms with Crippen LogP contribution in [0.15, 0.2) is 67.0 Å². The van der Waals surface area contributed by atoms with Gasteiger partial charge in [0.15, 0.2) is 5.69 Å². The topological polar surface area (TPSA) is 85.0 Å². The third kappa shape index (κ3) is 4.89. The molecular formula is C18H17N5O2. The number of hydrogen-bond donors (Lipinski definition) is 0. The predicted octanol–water partition coefficient (Wildman–Crippen LogP) is 2.98. The van der Waals surface area contributed by atoms with Crippen molar-refractivity contribution in [1.29, 1.82) is 0 Å². The fourth-order valence-corrected chi connectivity index (χ4v) is 2.49. The number of nitrogens with zero attached hydrogens (tertiary/aromatic N) is 5. The minimum Gasteiger partial charge on any atom is -0.358 e. The van der Waals surface area contributed by atoms with E-state index in [4.69, 9.17) is 0 Å². The SMILES string of the molecule is O=[N+]([O-])c1cccc(CN(Cc2ccccn2)Cc2ccccn2)n1. The maximum atomic E-state index is 10.9. The second-order valence-electron chi connectivity index (χ2n) is 5.53. The maximum absolute atomic E-state index is 10.9. The van der Waals surface area contributed by atoms with E-state index in [9.17, 15) is 10.1 Å². The van der Waals surface area contributed by atoms with Gasteiger partial charge in [-0.3, -0.25) is 14.9 Å². The third-order valence-electron chi connectivity index (χ3n) is 3.59. The molecule has 0 bridgehead atoms. The van der Waals surface area contributed by atoms with Crippen LogP contribution in [0.4, 0.5) is 5.82 Å². The zero-order chi connectivity index (χ0) is 17.5. The molecule has 0 spiro atoms. The van der Waals surface area contributed by atoms with E-state index < -0.39 is 4.92 Å². The van der Waals surface area contributed by atoms with E-state index in [1.165, 1.54) is 6.07 Å². The first kappa shape index (κ1) is 16.7. The highest BCUT2D eigenvalue weighted by atomic mass is 16.6. The molecule has 0 aliphatic heterocycles. The molecule has 0 aromatic carbocycles. The predicted molar refractivity (Wildman–Crippen MR) is 92.3 cm³/mol. The first-order chi connectivity index (χ1) is 12.2. The van der Waals surface area contributed by atoms with Crippen LogP contribution in [0.3, 0.4) is 0 Å². The molecule has 0 aliphatic carbocycles. The Labute approximate surface area is 145 Å². The molecule has 25 heavy (non-hydrogen) atoms. The molecule has 0 aliphatic rings. The van der Waals surface area contributed by atoms with Crippen LogP contribution in [-0.4, -0.2) is 24.8 Å². The first-order valence-electron chi connectivity index (χ1n) is 7.83. The Hall–Kier alpha value is -3.19. The van der Waals surface area contributed by atoms with Crippen molar-refractivity contribution in [3.05, 3.63) is 94.2 Å². The van der Waals surface area contributed by atoms with Crippen molar-refractivity contribution in [3.8, 4) is 0 Å². The molecule has 0 atom stereocenters. The van der Waals surface area contributed by atoms with Crippen LogP contribution in [0, 0.1) is 10.1 Å². The Morgan fingerprint density at radius 3 is 1.88 bits per heavy atom. The maximum Gasteiger partial charge on any atom is 0.363 e. The second-order valence-corrected chi connectivity index (χ2v) is 5.53. The van der Waals surface area contributed by atoms with Crippen LogP contribution in [0.5, 0.6) is 0 Å². The number of nitro groups is 1. The summed E-state index contributed by atoms with van der Waals surface area (Å²) in [6.07, 6.45) is 3.50. The van der Waals surface area contributed by atoms with Crippen molar-refractivity contribution in [3.63, 3.8) is 0 Å². The van der Waals surface area contributed by atoms with E-state index in [2.05, 4.69) is 19.9 Å². The molecule has 3 rings (SSSR count). The summed E-state index contributed by atoms with van der Waals surface area (Å²) in [6.45, 7) is 1.67. The number of rotatable bonds is 7. The summed E-state index contributed by atoms with van der Waals surface area (Å²) < 4.78 is 0. The van der Waals surface area contributed by atoms with Crippen LogP contribution in [0.2, 0.25) is 0 Å². The summed E-state index contributed by atoms with van der Waals surface area (Å²) >= 11 is 0. The van der Waals surface area contributed by atoms with Crippen LogP contribution < -0.4 is 0 Å². The Morgan fingerprint density at radius 2 is 1.36 bits per heavy atom. The van der Waals surface area contributed by atoms with Crippen molar-refractivity contribution >= 4 is 5.82 Å². The monoisotopic (exact) mass is 335 g/mol. The Morgan fingerprint density at radius 1 is 0.800 bits per heavy atom. The van der Waals surface area contributed by atoms with Crippen LogP contribution in [0.25, 0.3) is 0 Å². The molecule has 7 nitrogen and oxygen atoms in total. The molecule has 0 radical (unpaired) electrons. The van der Waals surface area contributed by atoms with Gasteiger partial charge in [0.25, 0.3) is 0 Å². The Bertz CT molecular complexity index is 786. The fraction of sp³-hybridized carbons (Fsp3) is 0.167. The summed E-state index contributed by atoms with van der Waals surface area (Å²) in [4.78, 5) is 25.4. The fourth-order valence-electron chi connectivity index (χ4n) is 2.49. The van der Waals surface area contributed by atoms with Gasteiger partial charge < -0.3 is 10.1 Å². The number of hydrogen-bond acceptors (Lipinski definition) is 6. The molecule has 0 amide bonds. The van der Waals surface area contributed by atoms with Crippen LogP contribution in [0.1, 0.15) is 17.1 Å². The molecular weight excluding hydrogens is 318 g/mol. The molecule has 0 saturated carbocycles. The van der Waals surface area contributed by atoms with Gasteiger partial charge >= 0.3 is 5.82 Å². The van der Waals surface area contributed by atoms with Gasteiger partial charge in [-0.25, -0.2) is 0 Å². The smallest absolute Gasteiger partial charge is 0.358 e. The zero-order valence-corrected chi connectivity index (χ0v) is 13.5. The van der Waals surface area contributed by atoms with E-state index in [0.717, 1.165) is 11.4 Å². The Kier molecular flexibility index (Phi) is 5.38. The Balaban J connectivity index is 1.80. The summed E-state index contributed by atoms with van der Waals surface area (Å²) in [6, 6.07) is 16.4. The van der Waals surface area contributed by atoms with Crippen LogP contribution >= 0.6 is 0 Å². The van der Waals surface area contributed by atoms with E-state index in [1.807, 2.05) is 36.4 Å². The van der Waals surface area contributed by atoms with Gasteiger partial charge in [0.2, 0.25) is 0 Å². The van der Waals surface area contributed by atoms with Crippen LogP contribution in [-0.2, 0) is 19.6 Å². The summed E-state index contributed by atoms with van der Waals surface area (Å²) in [5.41, 5.74) is 2.48. The third-order valence-corrected chi connectivity index (χ3v) is 3.59. The average molecular weight is 335 g/mol. The van der Waals surface area contributed by atoms with E-state index in [1.54, 1.807) is 24.5 Å². The molecule has 0 unspecified atom stereocenters. The van der Waals surface area contributed by atoms with Crippen molar-refractivity contribution in [1.82, 2.24) is 19.9 Å². The van der Waals surface area contributed by atoms with Crippen molar-refractivity contribution in [2.24, 2.45) is 0 Å². The van der Waals surface area contributed by atoms with Crippen molar-refractivity contribution < 1.29 is 4.92 Å². The van der Waals surface area contributed by atoms with Gasteiger partial charge in [0.05, 0.1) is 17.9 Å². The van der Waals surface area contributed by atoms with E-state index >= 15 is 0 Å². The van der Waals surface area contributed by atoms with Gasteiger partial charge in [-0.2, -0.15) is 0 Å². The number of aromatic nitrogens is 3. The normalized spacial score (nSPS) is 10.8. The lowest BCUT2D eigenvalue weighted by atomic mass is 10.2. The lowest BCUT2D eigenvalue weighted by Crippen LogP contribution is -2.24. The van der Waals surface area contributed by atoms with Crippen molar-refractivity contribution in [2.75, 3.05) is 0 Å². The standard InChI is InChI=1S/C18H17N5O2/c24-23(25)18-9-5-8-17(21-18)14-22(12-15-6-1-3-10-19-15)13-16-7-2-4-11-20-16/h1-11H,12-14H2. The highest BCUT2D eigenvalue weighted by Crippen LogP contribution is 2.13. The van der Waals surface area contributed by atoms with E-state index in [0.29, 0.717) is 25.3 Å². The molecule has 0 N–H and O–H groups in total. The summed E-state index contributed by atoms with van der Waals surface area (Å²) in [7, 11) is 0. The van der Waals surface area contributed by atoms with Gasteiger partial charge in [0, 0.05) is 31.5 Å². The molecule has 3 aromatic rings. The summed E-state index contributed by atoms with van der Waals surface area (Å²) in [5, 5.41) is 10.9.